The molecule has 0 fully saturated rings. The third kappa shape index (κ3) is 12.4. The second-order valence-electron chi connectivity index (χ2n) is 4.86. The molecule has 0 aliphatic carbocycles. The zero-order valence-electron chi connectivity index (χ0n) is 12.8. The van der Waals surface area contributed by atoms with Crippen LogP contribution in [0.3, 0.4) is 0 Å². The summed E-state index contributed by atoms with van der Waals surface area (Å²) in [7, 11) is 0. The predicted octanol–water partition coefficient (Wildman–Crippen LogP) is 1.79. The second-order valence-corrected chi connectivity index (χ2v) is 6.42. The fourth-order valence-electron chi connectivity index (χ4n) is 1.32. The number of hydrogen-bond donors (Lipinski definition) is 0. The van der Waals surface area contributed by atoms with Crippen LogP contribution in [0.15, 0.2) is 36.4 Å². The third-order valence-electron chi connectivity index (χ3n) is 2.38. The van der Waals surface area contributed by atoms with Crippen molar-refractivity contribution in [3.05, 3.63) is 58.7 Å². The zero-order chi connectivity index (χ0) is 14.1. The Morgan fingerprint density at radius 1 is 0.895 bits per heavy atom. The average molecular weight is 312 g/mol. The van der Waals surface area contributed by atoms with Gasteiger partial charge < -0.3 is 12.4 Å². The van der Waals surface area contributed by atoms with Crippen LogP contribution in [0, 0.1) is 27.7 Å². The minimum Gasteiger partial charge on any atom is -1.00 e. The zero-order valence-corrected chi connectivity index (χ0v) is 15.2. The van der Waals surface area contributed by atoms with Gasteiger partial charge in [0.25, 0.3) is 0 Å². The number of halogens is 1. The van der Waals surface area contributed by atoms with Gasteiger partial charge in [-0.25, -0.2) is 12.1 Å². The molecule has 0 aliphatic rings. The molecule has 0 saturated heterocycles. The molecule has 0 atom stereocenters. The van der Waals surface area contributed by atoms with Crippen LogP contribution in [-0.4, -0.2) is 3.81 Å². The van der Waals surface area contributed by atoms with Crippen LogP contribution in [0.25, 0.3) is 0 Å². The number of aryl methyl sites for hydroxylation is 4. The molecular formula is C17H24ClTi-2. The fourth-order valence-corrected chi connectivity index (χ4v) is 1.32. The molecule has 2 heteroatoms. The first-order valence-corrected chi connectivity index (χ1v) is 7.01. The van der Waals surface area contributed by atoms with Gasteiger partial charge in [0.2, 0.25) is 0 Å². The summed E-state index contributed by atoms with van der Waals surface area (Å²) < 4.78 is 1.42. The third-order valence-corrected chi connectivity index (χ3v) is 2.38. The van der Waals surface area contributed by atoms with Gasteiger partial charge in [-0.15, -0.1) is 0 Å². The Balaban J connectivity index is 0. The molecule has 0 nitrogen and oxygen atoms in total. The van der Waals surface area contributed by atoms with E-state index in [1.54, 1.807) is 0 Å². The van der Waals surface area contributed by atoms with Crippen LogP contribution in [0.4, 0.5) is 0 Å². The Morgan fingerprint density at radius 2 is 1.21 bits per heavy atom. The van der Waals surface area contributed by atoms with E-state index in [-0.39, 0.29) is 12.4 Å². The van der Waals surface area contributed by atoms with Crippen molar-refractivity contribution in [1.29, 1.82) is 0 Å². The van der Waals surface area contributed by atoms with Crippen molar-refractivity contribution < 1.29 is 32.4 Å². The minimum absolute atomic E-state index is 0. The maximum atomic E-state index is 2.17. The van der Waals surface area contributed by atoms with Crippen LogP contribution in [0.5, 0.6) is 0 Å². The standard InChI is InChI=1S/2C7H9.C3H6.ClH.Ti/c1-6-3-4-7(2)5-6;1-6-4-3-5-7(6)2;1-3-2;;/h2*3-5H,1-2H3;1-2H3;1H;/q2*-1;;;+1/p-1. The smallest absolute Gasteiger partial charge is 0.0635 e. The van der Waals surface area contributed by atoms with E-state index in [9.17, 15) is 0 Å². The van der Waals surface area contributed by atoms with Gasteiger partial charge in [-0.3, -0.25) is 0 Å². The molecule has 0 radical (unpaired) electrons. The van der Waals surface area contributed by atoms with Gasteiger partial charge in [0.05, 0.1) is 0 Å². The van der Waals surface area contributed by atoms with Gasteiger partial charge >= 0.3 is 37.6 Å². The summed E-state index contributed by atoms with van der Waals surface area (Å²) in [5, 5.41) is 0. The van der Waals surface area contributed by atoms with Crippen molar-refractivity contribution in [1.82, 2.24) is 0 Å². The SMILES string of the molecule is C[C](C)=[Ti+].Cc1c[cH-]cc1C.Cc1ccc(C)[cH-]1.[Cl-]. The molecule has 2 aromatic carbocycles. The summed E-state index contributed by atoms with van der Waals surface area (Å²) in [5.74, 6) is 0. The van der Waals surface area contributed by atoms with E-state index in [0.29, 0.717) is 0 Å². The summed E-state index contributed by atoms with van der Waals surface area (Å²) in [6, 6.07) is 12.7. The van der Waals surface area contributed by atoms with Gasteiger partial charge in [0.1, 0.15) is 0 Å². The van der Waals surface area contributed by atoms with Crippen LogP contribution >= 0.6 is 0 Å². The van der Waals surface area contributed by atoms with Gasteiger partial charge in [0, 0.05) is 0 Å². The molecule has 0 aromatic heterocycles. The van der Waals surface area contributed by atoms with Crippen molar-refractivity contribution in [2.24, 2.45) is 0 Å². The van der Waals surface area contributed by atoms with Gasteiger partial charge in [0.15, 0.2) is 0 Å². The molecule has 0 unspecified atom stereocenters. The molecule has 0 bridgehead atoms. The quantitative estimate of drug-likeness (QED) is 0.514. The van der Waals surface area contributed by atoms with Crippen LogP contribution in [0.1, 0.15) is 36.1 Å². The van der Waals surface area contributed by atoms with E-state index in [2.05, 4.69) is 97.9 Å². The van der Waals surface area contributed by atoms with Crippen molar-refractivity contribution >= 4 is 3.81 Å². The molecule has 105 valence electrons. The summed E-state index contributed by atoms with van der Waals surface area (Å²) in [4.78, 5) is 0. The first-order chi connectivity index (χ1) is 8.32. The molecule has 2 rings (SSSR count). The molecule has 0 spiro atoms. The Kier molecular flexibility index (Phi) is 12.5. The number of hydrogen-bond acceptors (Lipinski definition) is 0. The first-order valence-electron chi connectivity index (χ1n) is 6.23. The van der Waals surface area contributed by atoms with E-state index in [0.717, 1.165) is 0 Å². The molecule has 0 heterocycles. The summed E-state index contributed by atoms with van der Waals surface area (Å²) in [5.41, 5.74) is 5.50. The molecular weight excluding hydrogens is 288 g/mol. The van der Waals surface area contributed by atoms with E-state index < -0.39 is 0 Å². The van der Waals surface area contributed by atoms with Gasteiger partial charge in [-0.1, -0.05) is 27.7 Å². The monoisotopic (exact) mass is 311 g/mol. The van der Waals surface area contributed by atoms with Crippen molar-refractivity contribution in [2.45, 2.75) is 41.5 Å². The minimum atomic E-state index is 0. The van der Waals surface area contributed by atoms with Crippen LogP contribution in [-0.2, 0) is 20.0 Å². The van der Waals surface area contributed by atoms with Crippen molar-refractivity contribution in [2.75, 3.05) is 0 Å². The molecule has 0 aliphatic heterocycles. The van der Waals surface area contributed by atoms with Crippen LogP contribution < -0.4 is 12.4 Å². The van der Waals surface area contributed by atoms with Gasteiger partial charge in [-0.2, -0.15) is 46.5 Å². The van der Waals surface area contributed by atoms with Gasteiger partial charge in [-0.05, 0) is 0 Å². The molecule has 19 heavy (non-hydrogen) atoms. The average Bonchev–Trinajstić information content (AvgIpc) is 2.77. The molecule has 2 aromatic rings. The summed E-state index contributed by atoms with van der Waals surface area (Å²) in [6.45, 7) is 12.6. The van der Waals surface area contributed by atoms with Crippen molar-refractivity contribution in [3.63, 3.8) is 0 Å². The Bertz CT molecular complexity index is 426. The fraction of sp³-hybridized carbons (Fsp3) is 0.353. The second kappa shape index (κ2) is 11.4. The Morgan fingerprint density at radius 3 is 1.32 bits per heavy atom. The molecule has 0 N–H and O–H groups in total. The van der Waals surface area contributed by atoms with E-state index in [1.807, 2.05) is 0 Å². The van der Waals surface area contributed by atoms with Crippen LogP contribution in [0.2, 0.25) is 0 Å². The van der Waals surface area contributed by atoms with E-state index >= 15 is 0 Å². The summed E-state index contributed by atoms with van der Waals surface area (Å²) >= 11 is 2.08. The van der Waals surface area contributed by atoms with Crippen molar-refractivity contribution in [3.8, 4) is 0 Å². The summed E-state index contributed by atoms with van der Waals surface area (Å²) in [6.07, 6.45) is 0. The molecule has 0 saturated carbocycles. The Labute approximate surface area is 136 Å². The molecule has 0 amide bonds. The number of rotatable bonds is 0. The normalized spacial score (nSPS) is 8.42. The maximum Gasteiger partial charge on any atom is -0.0635 e. The van der Waals surface area contributed by atoms with E-state index in [1.165, 1.54) is 26.1 Å². The first kappa shape index (κ1) is 20.9. The topological polar surface area (TPSA) is 0 Å². The Hall–Kier alpha value is -0.426. The maximum absolute atomic E-state index is 2.17. The largest absolute Gasteiger partial charge is 1.00 e. The van der Waals surface area contributed by atoms with E-state index in [4.69, 9.17) is 0 Å². The predicted molar refractivity (Wildman–Crippen MR) is 79.4 cm³/mol.